The smallest absolute Gasteiger partial charge is 0.258 e. The predicted octanol–water partition coefficient (Wildman–Crippen LogP) is 4.79. The van der Waals surface area contributed by atoms with Gasteiger partial charge in [0.1, 0.15) is 5.82 Å². The summed E-state index contributed by atoms with van der Waals surface area (Å²) in [6.45, 7) is 1.51. The SMILES string of the molecule is O=c1[nH]c(CN2CCc3sccc3[C@@H]2c2ccccc2)nc2ccc(Cl)cc12. The Kier molecular flexibility index (Phi) is 4.51. The number of rotatable bonds is 3. The van der Waals surface area contributed by atoms with Gasteiger partial charge in [-0.1, -0.05) is 41.9 Å². The number of benzene rings is 2. The van der Waals surface area contributed by atoms with Gasteiger partial charge in [0.05, 0.1) is 23.5 Å². The molecular formula is C22H18ClN3OS. The van der Waals surface area contributed by atoms with Crippen molar-refractivity contribution in [3.63, 3.8) is 0 Å². The zero-order valence-corrected chi connectivity index (χ0v) is 16.6. The molecule has 0 saturated heterocycles. The Morgan fingerprint density at radius 2 is 2.04 bits per heavy atom. The van der Waals surface area contributed by atoms with Crippen LogP contribution in [0.1, 0.15) is 27.9 Å². The monoisotopic (exact) mass is 407 g/mol. The number of halogens is 1. The molecule has 4 nitrogen and oxygen atoms in total. The van der Waals surface area contributed by atoms with Crippen molar-refractivity contribution in [3.05, 3.63) is 97.2 Å². The largest absolute Gasteiger partial charge is 0.309 e. The summed E-state index contributed by atoms with van der Waals surface area (Å²) < 4.78 is 0. The minimum absolute atomic E-state index is 0.146. The number of nitrogens with one attached hydrogen (secondary N) is 1. The highest BCUT2D eigenvalue weighted by Crippen LogP contribution is 2.38. The van der Waals surface area contributed by atoms with Crippen molar-refractivity contribution in [1.29, 1.82) is 0 Å². The van der Waals surface area contributed by atoms with Crippen LogP contribution in [0.5, 0.6) is 0 Å². The summed E-state index contributed by atoms with van der Waals surface area (Å²) in [6.07, 6.45) is 1.02. The van der Waals surface area contributed by atoms with Gasteiger partial charge in [0.15, 0.2) is 0 Å². The molecule has 5 rings (SSSR count). The molecule has 3 heterocycles. The molecule has 28 heavy (non-hydrogen) atoms. The summed E-state index contributed by atoms with van der Waals surface area (Å²) in [4.78, 5) is 24.0. The van der Waals surface area contributed by atoms with Crippen molar-refractivity contribution in [1.82, 2.24) is 14.9 Å². The molecule has 2 aromatic heterocycles. The topological polar surface area (TPSA) is 49.0 Å². The third-order valence-electron chi connectivity index (χ3n) is 5.25. The van der Waals surface area contributed by atoms with Crippen LogP contribution in [0.15, 0.2) is 64.8 Å². The van der Waals surface area contributed by atoms with Gasteiger partial charge in [-0.05, 0) is 47.2 Å². The second-order valence-corrected chi connectivity index (χ2v) is 8.44. The fraction of sp³-hybridized carbons (Fsp3) is 0.182. The van der Waals surface area contributed by atoms with E-state index in [0.717, 1.165) is 13.0 Å². The van der Waals surface area contributed by atoms with Crippen molar-refractivity contribution in [2.75, 3.05) is 6.54 Å². The number of fused-ring (bicyclic) bond motifs is 2. The molecular weight excluding hydrogens is 390 g/mol. The average molecular weight is 408 g/mol. The Labute approximate surface area is 171 Å². The van der Waals surface area contributed by atoms with Gasteiger partial charge in [-0.3, -0.25) is 9.69 Å². The maximum Gasteiger partial charge on any atom is 0.258 e. The molecule has 0 amide bonds. The predicted molar refractivity (Wildman–Crippen MR) is 114 cm³/mol. The Balaban J connectivity index is 1.54. The highest BCUT2D eigenvalue weighted by molar-refractivity contribution is 7.10. The Hall–Kier alpha value is -2.47. The Morgan fingerprint density at radius 3 is 2.89 bits per heavy atom. The number of nitrogens with zero attached hydrogens (tertiary/aromatic N) is 2. The van der Waals surface area contributed by atoms with Gasteiger partial charge in [0, 0.05) is 16.4 Å². The summed E-state index contributed by atoms with van der Waals surface area (Å²) in [5, 5.41) is 3.23. The number of thiophene rings is 1. The second kappa shape index (κ2) is 7.17. The van der Waals surface area contributed by atoms with Crippen LogP contribution >= 0.6 is 22.9 Å². The molecule has 1 aliphatic heterocycles. The van der Waals surface area contributed by atoms with Crippen LogP contribution < -0.4 is 5.56 Å². The van der Waals surface area contributed by atoms with Crippen molar-refractivity contribution in [3.8, 4) is 0 Å². The molecule has 1 N–H and O–H groups in total. The fourth-order valence-electron chi connectivity index (χ4n) is 3.99. The highest BCUT2D eigenvalue weighted by Gasteiger charge is 2.30. The zero-order valence-electron chi connectivity index (χ0n) is 15.1. The molecule has 0 bridgehead atoms. The van der Waals surface area contributed by atoms with Crippen LogP contribution in [0.4, 0.5) is 0 Å². The number of hydrogen-bond donors (Lipinski definition) is 1. The summed E-state index contributed by atoms with van der Waals surface area (Å²) in [5.74, 6) is 0.680. The summed E-state index contributed by atoms with van der Waals surface area (Å²) in [5.41, 5.74) is 3.15. The molecule has 0 fully saturated rings. The van der Waals surface area contributed by atoms with Crippen LogP contribution in [0, 0.1) is 0 Å². The maximum absolute atomic E-state index is 12.5. The molecule has 4 aromatic rings. The quantitative estimate of drug-likeness (QED) is 0.531. The molecule has 0 unspecified atom stereocenters. The summed E-state index contributed by atoms with van der Waals surface area (Å²) >= 11 is 7.85. The van der Waals surface area contributed by atoms with Gasteiger partial charge < -0.3 is 4.98 Å². The van der Waals surface area contributed by atoms with E-state index in [1.807, 2.05) is 17.4 Å². The number of aromatic amines is 1. The normalized spacial score (nSPS) is 17.0. The van der Waals surface area contributed by atoms with E-state index in [9.17, 15) is 4.79 Å². The van der Waals surface area contributed by atoms with E-state index in [0.29, 0.717) is 28.3 Å². The zero-order chi connectivity index (χ0) is 19.1. The number of hydrogen-bond acceptors (Lipinski definition) is 4. The van der Waals surface area contributed by atoms with E-state index in [1.54, 1.807) is 18.2 Å². The van der Waals surface area contributed by atoms with Gasteiger partial charge >= 0.3 is 0 Å². The number of aromatic nitrogens is 2. The lowest BCUT2D eigenvalue weighted by Crippen LogP contribution is -2.36. The first-order valence-corrected chi connectivity index (χ1v) is 10.5. The Morgan fingerprint density at radius 1 is 1.18 bits per heavy atom. The van der Waals surface area contributed by atoms with E-state index < -0.39 is 0 Å². The first-order chi connectivity index (χ1) is 13.7. The number of H-pyrrole nitrogens is 1. The maximum atomic E-state index is 12.5. The summed E-state index contributed by atoms with van der Waals surface area (Å²) in [6, 6.07) is 18.2. The van der Waals surface area contributed by atoms with Gasteiger partial charge in [0.2, 0.25) is 0 Å². The molecule has 0 radical (unpaired) electrons. The van der Waals surface area contributed by atoms with E-state index in [4.69, 9.17) is 11.6 Å². The fourth-order valence-corrected chi connectivity index (χ4v) is 5.07. The van der Waals surface area contributed by atoms with Gasteiger partial charge in [-0.25, -0.2) is 4.98 Å². The molecule has 6 heteroatoms. The molecule has 1 atom stereocenters. The first kappa shape index (κ1) is 17.6. The minimum Gasteiger partial charge on any atom is -0.309 e. The van der Waals surface area contributed by atoms with E-state index in [1.165, 1.54) is 16.0 Å². The van der Waals surface area contributed by atoms with E-state index >= 15 is 0 Å². The second-order valence-electron chi connectivity index (χ2n) is 7.01. The van der Waals surface area contributed by atoms with Crippen molar-refractivity contribution >= 4 is 33.8 Å². The molecule has 140 valence electrons. The average Bonchev–Trinajstić information content (AvgIpc) is 3.18. The summed E-state index contributed by atoms with van der Waals surface area (Å²) in [7, 11) is 0. The van der Waals surface area contributed by atoms with Crippen molar-refractivity contribution in [2.45, 2.75) is 19.0 Å². The lowest BCUT2D eigenvalue weighted by atomic mass is 9.93. The van der Waals surface area contributed by atoms with E-state index in [2.05, 4.69) is 50.6 Å². The van der Waals surface area contributed by atoms with Gasteiger partial charge in [-0.2, -0.15) is 0 Å². The van der Waals surface area contributed by atoms with Gasteiger partial charge in [-0.15, -0.1) is 11.3 Å². The standard InChI is InChI=1S/C22H18ClN3OS/c23-15-6-7-18-17(12-15)22(27)25-20(24-18)13-26-10-8-19-16(9-11-28-19)21(26)14-4-2-1-3-5-14/h1-7,9,11-12,21H,8,10,13H2,(H,24,25,27)/t21-/m0/s1. The van der Waals surface area contributed by atoms with Crippen molar-refractivity contribution in [2.24, 2.45) is 0 Å². The molecule has 0 spiro atoms. The van der Waals surface area contributed by atoms with Crippen LogP contribution in [-0.4, -0.2) is 21.4 Å². The van der Waals surface area contributed by atoms with Gasteiger partial charge in [0.25, 0.3) is 5.56 Å². The van der Waals surface area contributed by atoms with Crippen LogP contribution in [0.25, 0.3) is 10.9 Å². The molecule has 0 saturated carbocycles. The lowest BCUT2D eigenvalue weighted by molar-refractivity contribution is 0.201. The minimum atomic E-state index is -0.146. The lowest BCUT2D eigenvalue weighted by Gasteiger charge is -2.36. The van der Waals surface area contributed by atoms with Crippen LogP contribution in [-0.2, 0) is 13.0 Å². The highest BCUT2D eigenvalue weighted by atomic mass is 35.5. The third-order valence-corrected chi connectivity index (χ3v) is 6.48. The third kappa shape index (κ3) is 3.15. The van der Waals surface area contributed by atoms with Crippen molar-refractivity contribution < 1.29 is 0 Å². The Bertz CT molecular complexity index is 1200. The van der Waals surface area contributed by atoms with E-state index in [-0.39, 0.29) is 11.6 Å². The molecule has 2 aromatic carbocycles. The van der Waals surface area contributed by atoms with Crippen LogP contribution in [0.3, 0.4) is 0 Å². The molecule has 1 aliphatic rings. The molecule has 0 aliphatic carbocycles. The van der Waals surface area contributed by atoms with Crippen LogP contribution in [0.2, 0.25) is 5.02 Å². The first-order valence-electron chi connectivity index (χ1n) is 9.23.